The molecule has 5 heteroatoms. The predicted molar refractivity (Wildman–Crippen MR) is 68.4 cm³/mol. The molecule has 1 aromatic carbocycles. The van der Waals surface area contributed by atoms with Crippen molar-refractivity contribution in [2.45, 2.75) is 25.3 Å². The second-order valence-corrected chi connectivity index (χ2v) is 4.96. The fourth-order valence-electron chi connectivity index (χ4n) is 2.04. The summed E-state index contributed by atoms with van der Waals surface area (Å²) in [4.78, 5) is 0. The Balaban J connectivity index is 2.08. The minimum absolute atomic E-state index is 0.110. The van der Waals surface area contributed by atoms with Crippen molar-refractivity contribution >= 4 is 11.6 Å². The zero-order chi connectivity index (χ0) is 12.7. The molecule has 0 spiro atoms. The molecule has 0 amide bonds. The third kappa shape index (κ3) is 2.02. The summed E-state index contributed by atoms with van der Waals surface area (Å²) in [6.07, 6.45) is 2.34. The van der Waals surface area contributed by atoms with Crippen molar-refractivity contribution in [3.63, 3.8) is 0 Å². The quantitative estimate of drug-likeness (QED) is 0.927. The first-order valence-corrected chi connectivity index (χ1v) is 6.31. The maximum Gasteiger partial charge on any atom is 0.141 e. The molecule has 1 aromatic heterocycles. The molecule has 1 fully saturated rings. The zero-order valence-electron chi connectivity index (χ0n) is 9.74. The Morgan fingerprint density at radius 3 is 2.78 bits per heavy atom. The van der Waals surface area contributed by atoms with E-state index in [1.807, 2.05) is 10.7 Å². The summed E-state index contributed by atoms with van der Waals surface area (Å²) in [5.41, 5.74) is 8.39. The Bertz CT molecular complexity index is 590. The van der Waals surface area contributed by atoms with Gasteiger partial charge in [0.1, 0.15) is 5.82 Å². The first-order chi connectivity index (χ1) is 8.69. The van der Waals surface area contributed by atoms with Gasteiger partial charge in [-0.05, 0) is 37.1 Å². The van der Waals surface area contributed by atoms with Crippen LogP contribution in [0, 0.1) is 5.82 Å². The van der Waals surface area contributed by atoms with E-state index in [0.717, 1.165) is 17.1 Å². The van der Waals surface area contributed by atoms with E-state index >= 15 is 0 Å². The summed E-state index contributed by atoms with van der Waals surface area (Å²) in [6, 6.07) is 6.66. The number of nitrogens with two attached hydrogens (primary N) is 1. The van der Waals surface area contributed by atoms with Gasteiger partial charge in [-0.2, -0.15) is 5.10 Å². The molecule has 0 atom stereocenters. The van der Waals surface area contributed by atoms with Crippen LogP contribution in [0.5, 0.6) is 0 Å². The summed E-state index contributed by atoms with van der Waals surface area (Å²) in [5, 5.41) is 4.55. The van der Waals surface area contributed by atoms with E-state index in [9.17, 15) is 4.39 Å². The third-order valence-corrected chi connectivity index (χ3v) is 3.43. The Morgan fingerprint density at radius 1 is 1.39 bits per heavy atom. The minimum Gasteiger partial charge on any atom is -0.325 e. The highest BCUT2D eigenvalue weighted by atomic mass is 35.5. The van der Waals surface area contributed by atoms with Crippen LogP contribution in [-0.4, -0.2) is 9.78 Å². The van der Waals surface area contributed by atoms with Crippen molar-refractivity contribution in [2.75, 3.05) is 0 Å². The molecule has 1 aliphatic rings. The molecule has 0 bridgehead atoms. The number of aromatic nitrogens is 2. The van der Waals surface area contributed by atoms with E-state index in [1.54, 1.807) is 12.1 Å². The van der Waals surface area contributed by atoms with Crippen molar-refractivity contribution in [1.29, 1.82) is 0 Å². The molecule has 94 valence electrons. The van der Waals surface area contributed by atoms with Crippen molar-refractivity contribution in [1.82, 2.24) is 9.78 Å². The Hall–Kier alpha value is -1.39. The number of hydrogen-bond donors (Lipinski definition) is 1. The molecule has 0 aliphatic heterocycles. The van der Waals surface area contributed by atoms with Gasteiger partial charge in [-0.1, -0.05) is 11.6 Å². The lowest BCUT2D eigenvalue weighted by molar-refractivity contribution is 0.627. The molecular formula is C13H13ClFN3. The summed E-state index contributed by atoms with van der Waals surface area (Å²) in [7, 11) is 0. The van der Waals surface area contributed by atoms with Crippen LogP contribution in [0.25, 0.3) is 5.69 Å². The lowest BCUT2D eigenvalue weighted by Crippen LogP contribution is -2.03. The zero-order valence-corrected chi connectivity index (χ0v) is 10.5. The number of benzene rings is 1. The highest BCUT2D eigenvalue weighted by molar-refractivity contribution is 6.30. The highest BCUT2D eigenvalue weighted by Gasteiger charge is 2.28. The van der Waals surface area contributed by atoms with Gasteiger partial charge in [0.25, 0.3) is 0 Å². The molecule has 2 N–H and O–H groups in total. The van der Waals surface area contributed by atoms with Gasteiger partial charge in [-0.15, -0.1) is 0 Å². The molecule has 18 heavy (non-hydrogen) atoms. The van der Waals surface area contributed by atoms with Crippen molar-refractivity contribution in [3.8, 4) is 5.69 Å². The van der Waals surface area contributed by atoms with Crippen LogP contribution in [0.1, 0.15) is 30.1 Å². The van der Waals surface area contributed by atoms with Gasteiger partial charge in [0.05, 0.1) is 16.4 Å². The molecule has 1 aliphatic carbocycles. The maximum atomic E-state index is 13.2. The van der Waals surface area contributed by atoms with Gasteiger partial charge in [-0.25, -0.2) is 9.07 Å². The van der Waals surface area contributed by atoms with E-state index in [2.05, 4.69) is 5.10 Å². The van der Waals surface area contributed by atoms with Gasteiger partial charge in [0.15, 0.2) is 0 Å². The van der Waals surface area contributed by atoms with Crippen molar-refractivity contribution in [2.24, 2.45) is 5.73 Å². The molecule has 2 aromatic rings. The van der Waals surface area contributed by atoms with Gasteiger partial charge in [-0.3, -0.25) is 0 Å². The fourth-order valence-corrected chi connectivity index (χ4v) is 2.21. The lowest BCUT2D eigenvalue weighted by Gasteiger charge is -2.07. The Morgan fingerprint density at radius 2 is 2.17 bits per heavy atom. The molecule has 0 unspecified atom stereocenters. The SMILES string of the molecule is NCc1cc(C2CC2)n(-c2ccc(F)c(Cl)c2)n1. The van der Waals surface area contributed by atoms with E-state index in [-0.39, 0.29) is 5.02 Å². The number of nitrogens with zero attached hydrogens (tertiary/aromatic N) is 2. The van der Waals surface area contributed by atoms with Crippen LogP contribution in [0.2, 0.25) is 5.02 Å². The minimum atomic E-state index is -0.417. The summed E-state index contributed by atoms with van der Waals surface area (Å²) in [5.74, 6) is 0.126. The summed E-state index contributed by atoms with van der Waals surface area (Å²) >= 11 is 5.81. The van der Waals surface area contributed by atoms with Crippen LogP contribution < -0.4 is 5.73 Å². The topological polar surface area (TPSA) is 43.8 Å². The Kier molecular flexibility index (Phi) is 2.84. The van der Waals surface area contributed by atoms with Gasteiger partial charge in [0, 0.05) is 18.2 Å². The molecule has 0 radical (unpaired) electrons. The van der Waals surface area contributed by atoms with E-state index < -0.39 is 5.82 Å². The monoisotopic (exact) mass is 265 g/mol. The van der Waals surface area contributed by atoms with Crippen molar-refractivity contribution < 1.29 is 4.39 Å². The van der Waals surface area contributed by atoms with Crippen LogP contribution in [-0.2, 0) is 6.54 Å². The first kappa shape index (κ1) is 11.7. The van der Waals surface area contributed by atoms with E-state index in [0.29, 0.717) is 12.5 Å². The fraction of sp³-hybridized carbons (Fsp3) is 0.308. The second kappa shape index (κ2) is 4.37. The summed E-state index contributed by atoms with van der Waals surface area (Å²) < 4.78 is 15.0. The Labute approximate surface area is 109 Å². The van der Waals surface area contributed by atoms with E-state index in [1.165, 1.54) is 18.9 Å². The average molecular weight is 266 g/mol. The summed E-state index contributed by atoms with van der Waals surface area (Å²) in [6.45, 7) is 0.404. The molecule has 1 heterocycles. The smallest absolute Gasteiger partial charge is 0.141 e. The third-order valence-electron chi connectivity index (χ3n) is 3.14. The molecule has 3 nitrogen and oxygen atoms in total. The standard InChI is InChI=1S/C13H13ClFN3/c14-11-6-10(3-4-12(11)15)18-13(8-1-2-8)5-9(7-16)17-18/h3-6,8H,1-2,7,16H2. The van der Waals surface area contributed by atoms with Crippen LogP contribution in [0.3, 0.4) is 0 Å². The van der Waals surface area contributed by atoms with Crippen LogP contribution >= 0.6 is 11.6 Å². The largest absolute Gasteiger partial charge is 0.325 e. The van der Waals surface area contributed by atoms with Gasteiger partial charge in [0.2, 0.25) is 0 Å². The van der Waals surface area contributed by atoms with Crippen molar-refractivity contribution in [3.05, 3.63) is 46.5 Å². The molecular weight excluding hydrogens is 253 g/mol. The maximum absolute atomic E-state index is 13.2. The van der Waals surface area contributed by atoms with Gasteiger partial charge < -0.3 is 5.73 Å². The van der Waals surface area contributed by atoms with E-state index in [4.69, 9.17) is 17.3 Å². The number of hydrogen-bond acceptors (Lipinski definition) is 2. The van der Waals surface area contributed by atoms with Gasteiger partial charge >= 0.3 is 0 Å². The van der Waals surface area contributed by atoms with Crippen LogP contribution in [0.4, 0.5) is 4.39 Å². The molecule has 3 rings (SSSR count). The normalized spacial score (nSPS) is 15.1. The average Bonchev–Trinajstić information content (AvgIpc) is 3.12. The number of rotatable bonds is 3. The molecule has 0 saturated heterocycles. The van der Waals surface area contributed by atoms with Crippen LogP contribution in [0.15, 0.2) is 24.3 Å². The predicted octanol–water partition coefficient (Wildman–Crippen LogP) is 3.00. The first-order valence-electron chi connectivity index (χ1n) is 5.93. The molecule has 1 saturated carbocycles. The second-order valence-electron chi connectivity index (χ2n) is 4.55. The lowest BCUT2D eigenvalue weighted by atomic mass is 10.2. The highest BCUT2D eigenvalue weighted by Crippen LogP contribution is 2.41. The number of halogens is 2.